The first-order chi connectivity index (χ1) is 9.69. The van der Waals surface area contributed by atoms with Crippen LogP contribution in [0.5, 0.6) is 0 Å². The smallest absolute Gasteiger partial charge is 0.238 e. The highest BCUT2D eigenvalue weighted by Crippen LogP contribution is 2.47. The molecule has 0 bridgehead atoms. The highest BCUT2D eigenvalue weighted by molar-refractivity contribution is 5.81. The number of hydrogen-bond donors (Lipinski definition) is 2. The minimum atomic E-state index is -0.109. The molecule has 1 saturated heterocycles. The summed E-state index contributed by atoms with van der Waals surface area (Å²) in [6, 6.07) is 4.05. The van der Waals surface area contributed by atoms with Gasteiger partial charge in [0.15, 0.2) is 0 Å². The predicted molar refractivity (Wildman–Crippen MR) is 76.4 cm³/mol. The summed E-state index contributed by atoms with van der Waals surface area (Å²) < 4.78 is 5.95. The Morgan fingerprint density at radius 1 is 1.55 bits per heavy atom. The van der Waals surface area contributed by atoms with Gasteiger partial charge in [-0.25, -0.2) is 0 Å². The monoisotopic (exact) mass is 277 g/mol. The van der Waals surface area contributed by atoms with Crippen LogP contribution in [0.4, 0.5) is 0 Å². The molecule has 1 amide bonds. The maximum absolute atomic E-state index is 11.9. The maximum Gasteiger partial charge on any atom is 0.238 e. The maximum atomic E-state index is 11.9. The SMILES string of the molecule is CNC(=O)C1CNCCN1Cc1ccc(C2CC2C)o1. The molecule has 2 fully saturated rings. The Labute approximate surface area is 119 Å². The Morgan fingerprint density at radius 2 is 2.35 bits per heavy atom. The number of nitrogens with zero attached hydrogens (tertiary/aromatic N) is 1. The molecule has 1 aliphatic carbocycles. The van der Waals surface area contributed by atoms with Crippen LogP contribution in [-0.4, -0.2) is 43.5 Å². The zero-order chi connectivity index (χ0) is 14.1. The summed E-state index contributed by atoms with van der Waals surface area (Å²) in [6.45, 7) is 5.45. The van der Waals surface area contributed by atoms with Gasteiger partial charge in [0.2, 0.25) is 5.91 Å². The Hall–Kier alpha value is -1.33. The topological polar surface area (TPSA) is 57.5 Å². The van der Waals surface area contributed by atoms with Crippen molar-refractivity contribution in [2.45, 2.75) is 31.8 Å². The van der Waals surface area contributed by atoms with Gasteiger partial charge in [-0.1, -0.05) is 6.92 Å². The zero-order valence-electron chi connectivity index (χ0n) is 12.2. The van der Waals surface area contributed by atoms with Gasteiger partial charge < -0.3 is 15.1 Å². The number of amides is 1. The van der Waals surface area contributed by atoms with Crippen LogP contribution in [0.15, 0.2) is 16.5 Å². The molecule has 1 saturated carbocycles. The van der Waals surface area contributed by atoms with E-state index in [4.69, 9.17) is 4.42 Å². The van der Waals surface area contributed by atoms with E-state index in [-0.39, 0.29) is 11.9 Å². The lowest BCUT2D eigenvalue weighted by Crippen LogP contribution is -2.56. The molecule has 2 heterocycles. The Morgan fingerprint density at radius 3 is 3.05 bits per heavy atom. The molecule has 3 unspecified atom stereocenters. The van der Waals surface area contributed by atoms with Crippen LogP contribution in [0.1, 0.15) is 30.8 Å². The van der Waals surface area contributed by atoms with Gasteiger partial charge >= 0.3 is 0 Å². The van der Waals surface area contributed by atoms with E-state index in [1.807, 2.05) is 0 Å². The van der Waals surface area contributed by atoms with Crippen LogP contribution in [0.25, 0.3) is 0 Å². The van der Waals surface area contributed by atoms with E-state index in [0.29, 0.717) is 19.0 Å². The van der Waals surface area contributed by atoms with Crippen molar-refractivity contribution in [3.63, 3.8) is 0 Å². The number of nitrogens with one attached hydrogen (secondary N) is 2. The van der Waals surface area contributed by atoms with Crippen LogP contribution in [0, 0.1) is 5.92 Å². The summed E-state index contributed by atoms with van der Waals surface area (Å²) in [5.74, 6) is 3.52. The second-order valence-corrected chi connectivity index (χ2v) is 5.93. The molecule has 0 radical (unpaired) electrons. The average Bonchev–Trinajstić information content (AvgIpc) is 3.01. The van der Waals surface area contributed by atoms with Crippen molar-refractivity contribution in [3.8, 4) is 0 Å². The fraction of sp³-hybridized carbons (Fsp3) is 0.667. The molecule has 1 aromatic heterocycles. The Kier molecular flexibility index (Phi) is 3.81. The second kappa shape index (κ2) is 5.58. The van der Waals surface area contributed by atoms with Crippen molar-refractivity contribution >= 4 is 5.91 Å². The molecule has 3 atom stereocenters. The summed E-state index contributed by atoms with van der Waals surface area (Å²) in [6.07, 6.45) is 1.24. The quantitative estimate of drug-likeness (QED) is 0.859. The minimum Gasteiger partial charge on any atom is -0.464 e. The van der Waals surface area contributed by atoms with Crippen molar-refractivity contribution in [3.05, 3.63) is 23.7 Å². The van der Waals surface area contributed by atoms with E-state index < -0.39 is 0 Å². The first kappa shape index (κ1) is 13.6. The van der Waals surface area contributed by atoms with E-state index in [1.54, 1.807) is 7.05 Å². The summed E-state index contributed by atoms with van der Waals surface area (Å²) in [5.41, 5.74) is 0. The van der Waals surface area contributed by atoms with Gasteiger partial charge in [0.1, 0.15) is 17.6 Å². The van der Waals surface area contributed by atoms with Crippen molar-refractivity contribution in [1.82, 2.24) is 15.5 Å². The van der Waals surface area contributed by atoms with E-state index in [0.717, 1.165) is 30.5 Å². The van der Waals surface area contributed by atoms with Gasteiger partial charge in [-0.3, -0.25) is 9.69 Å². The van der Waals surface area contributed by atoms with E-state index >= 15 is 0 Å². The van der Waals surface area contributed by atoms with Crippen LogP contribution in [0.3, 0.4) is 0 Å². The largest absolute Gasteiger partial charge is 0.464 e. The molecular formula is C15H23N3O2. The normalized spacial score (nSPS) is 30.2. The lowest BCUT2D eigenvalue weighted by atomic mass is 10.1. The average molecular weight is 277 g/mol. The zero-order valence-corrected chi connectivity index (χ0v) is 12.2. The number of carbonyl (C=O) groups is 1. The van der Waals surface area contributed by atoms with Gasteiger partial charge in [0, 0.05) is 32.6 Å². The van der Waals surface area contributed by atoms with Gasteiger partial charge in [-0.05, 0) is 24.5 Å². The van der Waals surface area contributed by atoms with Gasteiger partial charge in [0.25, 0.3) is 0 Å². The van der Waals surface area contributed by atoms with Crippen LogP contribution in [0.2, 0.25) is 0 Å². The molecule has 1 aromatic rings. The number of piperazine rings is 1. The summed E-state index contributed by atoms with van der Waals surface area (Å²) in [5, 5.41) is 6.01. The third-order valence-electron chi connectivity index (χ3n) is 4.42. The van der Waals surface area contributed by atoms with Crippen LogP contribution < -0.4 is 10.6 Å². The second-order valence-electron chi connectivity index (χ2n) is 5.93. The predicted octanol–water partition coefficient (Wildman–Crippen LogP) is 0.923. The fourth-order valence-corrected chi connectivity index (χ4v) is 2.96. The molecule has 0 spiro atoms. The van der Waals surface area contributed by atoms with Crippen molar-refractivity contribution in [2.24, 2.45) is 5.92 Å². The third kappa shape index (κ3) is 2.74. The highest BCUT2D eigenvalue weighted by atomic mass is 16.3. The Balaban J connectivity index is 1.65. The molecule has 110 valence electrons. The summed E-state index contributed by atoms with van der Waals surface area (Å²) in [4.78, 5) is 14.1. The van der Waals surface area contributed by atoms with E-state index in [2.05, 4.69) is 34.6 Å². The number of carbonyl (C=O) groups excluding carboxylic acids is 1. The molecule has 5 heteroatoms. The lowest BCUT2D eigenvalue weighted by molar-refractivity contribution is -0.126. The molecule has 2 aliphatic rings. The lowest BCUT2D eigenvalue weighted by Gasteiger charge is -2.34. The van der Waals surface area contributed by atoms with E-state index in [1.165, 1.54) is 6.42 Å². The van der Waals surface area contributed by atoms with Crippen LogP contribution in [-0.2, 0) is 11.3 Å². The van der Waals surface area contributed by atoms with Crippen molar-refractivity contribution < 1.29 is 9.21 Å². The summed E-state index contributed by atoms with van der Waals surface area (Å²) >= 11 is 0. The standard InChI is InChI=1S/C15H23N3O2/c1-10-7-12(10)14-4-3-11(20-14)9-18-6-5-17-8-13(18)15(19)16-2/h3-4,10,12-13,17H,5-9H2,1-2H3,(H,16,19). The van der Waals surface area contributed by atoms with Gasteiger partial charge in [-0.2, -0.15) is 0 Å². The van der Waals surface area contributed by atoms with Crippen molar-refractivity contribution in [1.29, 1.82) is 0 Å². The molecule has 5 nitrogen and oxygen atoms in total. The third-order valence-corrected chi connectivity index (χ3v) is 4.42. The number of furan rings is 1. The number of rotatable bonds is 4. The number of likely N-dealkylation sites (N-methyl/N-ethyl adjacent to an activating group) is 1. The molecule has 2 N–H and O–H groups in total. The van der Waals surface area contributed by atoms with Gasteiger partial charge in [0.05, 0.1) is 6.54 Å². The van der Waals surface area contributed by atoms with E-state index in [9.17, 15) is 4.79 Å². The highest BCUT2D eigenvalue weighted by Gasteiger charge is 2.37. The minimum absolute atomic E-state index is 0.0693. The number of hydrogen-bond acceptors (Lipinski definition) is 4. The first-order valence-corrected chi connectivity index (χ1v) is 7.44. The molecule has 0 aromatic carbocycles. The fourth-order valence-electron chi connectivity index (χ4n) is 2.96. The molecule has 1 aliphatic heterocycles. The Bertz CT molecular complexity index is 485. The van der Waals surface area contributed by atoms with Gasteiger partial charge in [-0.15, -0.1) is 0 Å². The van der Waals surface area contributed by atoms with Crippen LogP contribution >= 0.6 is 0 Å². The van der Waals surface area contributed by atoms with Crippen molar-refractivity contribution in [2.75, 3.05) is 26.7 Å². The molecular weight excluding hydrogens is 254 g/mol. The molecule has 3 rings (SSSR count). The summed E-state index contributed by atoms with van der Waals surface area (Å²) in [7, 11) is 1.69. The molecule has 20 heavy (non-hydrogen) atoms. The first-order valence-electron chi connectivity index (χ1n) is 7.44.